The molecule has 1 aliphatic rings. The largest absolute Gasteiger partial charge is 0.496 e. The summed E-state index contributed by atoms with van der Waals surface area (Å²) in [6.07, 6.45) is 6.92. The number of nitrogens with zero attached hydrogens (tertiary/aromatic N) is 2. The van der Waals surface area contributed by atoms with Crippen molar-refractivity contribution in [2.24, 2.45) is 0 Å². The number of hydrogen-bond donors (Lipinski definition) is 2. The maximum absolute atomic E-state index is 12.1. The van der Waals surface area contributed by atoms with Crippen LogP contribution in [0, 0.1) is 6.92 Å². The van der Waals surface area contributed by atoms with Gasteiger partial charge in [-0.1, -0.05) is 18.9 Å². The number of nitrogens with one attached hydrogen (secondary N) is 2. The molecule has 1 aromatic heterocycles. The monoisotopic (exact) mass is 368 g/mol. The SMILES string of the molecule is COc1ccc(NC(=O)NCc2ccc(N3CCCCCC3)nc2)cc1C. The summed E-state index contributed by atoms with van der Waals surface area (Å²) in [5, 5.41) is 5.71. The molecule has 0 aliphatic carbocycles. The predicted octanol–water partition coefficient (Wildman–Crippen LogP) is 4.10. The standard InChI is InChI=1S/C21H28N4O2/c1-16-13-18(8-9-19(16)27-2)24-21(26)23-15-17-7-10-20(22-14-17)25-11-5-3-4-6-12-25/h7-10,13-14H,3-6,11-12,15H2,1-2H3,(H2,23,24,26). The van der Waals surface area contributed by atoms with Crippen LogP contribution in [0.3, 0.4) is 0 Å². The highest BCUT2D eigenvalue weighted by molar-refractivity contribution is 5.89. The second-order valence-corrected chi connectivity index (χ2v) is 6.92. The normalized spacial score (nSPS) is 14.4. The van der Waals surface area contributed by atoms with Crippen molar-refractivity contribution >= 4 is 17.5 Å². The van der Waals surface area contributed by atoms with Gasteiger partial charge < -0.3 is 20.3 Å². The van der Waals surface area contributed by atoms with E-state index in [0.717, 1.165) is 41.5 Å². The third kappa shape index (κ3) is 5.36. The minimum atomic E-state index is -0.240. The lowest BCUT2D eigenvalue weighted by molar-refractivity contribution is 0.251. The highest BCUT2D eigenvalue weighted by atomic mass is 16.5. The molecule has 1 fully saturated rings. The maximum atomic E-state index is 12.1. The Kier molecular flexibility index (Phi) is 6.52. The fourth-order valence-electron chi connectivity index (χ4n) is 3.32. The van der Waals surface area contributed by atoms with Gasteiger partial charge in [-0.05, 0) is 55.2 Å². The van der Waals surface area contributed by atoms with E-state index in [1.165, 1.54) is 25.7 Å². The molecular weight excluding hydrogens is 340 g/mol. The Morgan fingerprint density at radius 1 is 1.15 bits per heavy atom. The number of aryl methyl sites for hydroxylation is 1. The van der Waals surface area contributed by atoms with Gasteiger partial charge in [-0.15, -0.1) is 0 Å². The van der Waals surface area contributed by atoms with Gasteiger partial charge in [-0.2, -0.15) is 0 Å². The van der Waals surface area contributed by atoms with Crippen LogP contribution in [0.5, 0.6) is 5.75 Å². The van der Waals surface area contributed by atoms with Crippen LogP contribution in [0.15, 0.2) is 36.5 Å². The van der Waals surface area contributed by atoms with Crippen LogP contribution in [0.4, 0.5) is 16.3 Å². The molecule has 0 atom stereocenters. The number of carbonyl (C=O) groups excluding carboxylic acids is 1. The first-order chi connectivity index (χ1) is 13.2. The minimum Gasteiger partial charge on any atom is -0.496 e. The van der Waals surface area contributed by atoms with Crippen LogP contribution >= 0.6 is 0 Å². The second kappa shape index (κ2) is 9.26. The number of amides is 2. The summed E-state index contributed by atoms with van der Waals surface area (Å²) in [6, 6.07) is 9.39. The Bertz CT molecular complexity index is 753. The number of methoxy groups -OCH3 is 1. The van der Waals surface area contributed by atoms with Gasteiger partial charge in [0.25, 0.3) is 0 Å². The maximum Gasteiger partial charge on any atom is 0.319 e. The number of hydrogen-bond acceptors (Lipinski definition) is 4. The summed E-state index contributed by atoms with van der Waals surface area (Å²) in [5.41, 5.74) is 2.69. The van der Waals surface area contributed by atoms with Crippen LogP contribution in [-0.2, 0) is 6.54 Å². The lowest BCUT2D eigenvalue weighted by Gasteiger charge is -2.21. The lowest BCUT2D eigenvalue weighted by atomic mass is 10.2. The number of pyridine rings is 1. The summed E-state index contributed by atoms with van der Waals surface area (Å²) >= 11 is 0. The van der Waals surface area contributed by atoms with Crippen molar-refractivity contribution in [3.8, 4) is 5.75 Å². The molecule has 1 aliphatic heterocycles. The molecule has 2 amide bonds. The quantitative estimate of drug-likeness (QED) is 0.834. The number of urea groups is 1. The van der Waals surface area contributed by atoms with E-state index in [9.17, 15) is 4.79 Å². The molecule has 0 saturated carbocycles. The number of carbonyl (C=O) groups is 1. The van der Waals surface area contributed by atoms with E-state index in [1.54, 1.807) is 7.11 Å². The Morgan fingerprint density at radius 2 is 1.93 bits per heavy atom. The first-order valence-corrected chi connectivity index (χ1v) is 9.55. The van der Waals surface area contributed by atoms with Crippen LogP contribution in [0.1, 0.15) is 36.8 Å². The summed E-state index contributed by atoms with van der Waals surface area (Å²) in [6.45, 7) is 4.54. The first kappa shape index (κ1) is 19.0. The molecule has 6 nitrogen and oxygen atoms in total. The zero-order valence-corrected chi connectivity index (χ0v) is 16.1. The van der Waals surface area contributed by atoms with Crippen molar-refractivity contribution < 1.29 is 9.53 Å². The van der Waals surface area contributed by atoms with Gasteiger partial charge in [0.05, 0.1) is 7.11 Å². The Balaban J connectivity index is 1.50. The fourth-order valence-corrected chi connectivity index (χ4v) is 3.32. The highest BCUT2D eigenvalue weighted by Gasteiger charge is 2.11. The molecule has 144 valence electrons. The number of aromatic nitrogens is 1. The van der Waals surface area contributed by atoms with Gasteiger partial charge in [0, 0.05) is 31.5 Å². The van der Waals surface area contributed by atoms with Crippen molar-refractivity contribution in [2.75, 3.05) is 30.4 Å². The van der Waals surface area contributed by atoms with Crippen molar-refractivity contribution in [3.05, 3.63) is 47.7 Å². The summed E-state index contributed by atoms with van der Waals surface area (Å²) in [5.74, 6) is 1.83. The van der Waals surface area contributed by atoms with Gasteiger partial charge in [-0.3, -0.25) is 0 Å². The van der Waals surface area contributed by atoms with Crippen molar-refractivity contribution in [2.45, 2.75) is 39.2 Å². The molecule has 3 rings (SSSR count). The van der Waals surface area contributed by atoms with Crippen LogP contribution in [0.25, 0.3) is 0 Å². The number of anilines is 2. The lowest BCUT2D eigenvalue weighted by Crippen LogP contribution is -2.28. The summed E-state index contributed by atoms with van der Waals surface area (Å²) in [7, 11) is 1.63. The zero-order valence-electron chi connectivity index (χ0n) is 16.1. The third-order valence-corrected chi connectivity index (χ3v) is 4.84. The van der Waals surface area contributed by atoms with Gasteiger partial charge >= 0.3 is 6.03 Å². The van der Waals surface area contributed by atoms with Gasteiger partial charge in [0.1, 0.15) is 11.6 Å². The van der Waals surface area contributed by atoms with E-state index in [0.29, 0.717) is 6.54 Å². The fraction of sp³-hybridized carbons (Fsp3) is 0.429. The van der Waals surface area contributed by atoms with Crippen LogP contribution in [-0.4, -0.2) is 31.2 Å². The van der Waals surface area contributed by atoms with E-state index in [1.807, 2.05) is 43.5 Å². The number of ether oxygens (including phenoxy) is 1. The third-order valence-electron chi connectivity index (χ3n) is 4.84. The summed E-state index contributed by atoms with van der Waals surface area (Å²) in [4.78, 5) is 19.0. The smallest absolute Gasteiger partial charge is 0.319 e. The van der Waals surface area contributed by atoms with E-state index in [4.69, 9.17) is 4.74 Å². The molecule has 2 aromatic rings. The molecule has 27 heavy (non-hydrogen) atoms. The second-order valence-electron chi connectivity index (χ2n) is 6.92. The molecule has 6 heteroatoms. The Morgan fingerprint density at radius 3 is 2.56 bits per heavy atom. The molecule has 0 unspecified atom stereocenters. The number of rotatable bonds is 5. The van der Waals surface area contributed by atoms with Crippen molar-refractivity contribution in [1.29, 1.82) is 0 Å². The molecule has 0 radical (unpaired) electrons. The van der Waals surface area contributed by atoms with E-state index >= 15 is 0 Å². The molecular formula is C21H28N4O2. The van der Waals surface area contributed by atoms with Crippen molar-refractivity contribution in [3.63, 3.8) is 0 Å². The molecule has 1 saturated heterocycles. The Hall–Kier alpha value is -2.76. The van der Waals surface area contributed by atoms with Crippen molar-refractivity contribution in [1.82, 2.24) is 10.3 Å². The van der Waals surface area contributed by atoms with Gasteiger partial charge in [0.15, 0.2) is 0 Å². The molecule has 0 bridgehead atoms. The topological polar surface area (TPSA) is 66.5 Å². The molecule has 0 spiro atoms. The number of benzene rings is 1. The highest BCUT2D eigenvalue weighted by Crippen LogP contribution is 2.21. The summed E-state index contributed by atoms with van der Waals surface area (Å²) < 4.78 is 5.23. The van der Waals surface area contributed by atoms with Crippen LogP contribution in [0.2, 0.25) is 0 Å². The van der Waals surface area contributed by atoms with Gasteiger partial charge in [-0.25, -0.2) is 9.78 Å². The average molecular weight is 368 g/mol. The first-order valence-electron chi connectivity index (χ1n) is 9.55. The molecule has 2 heterocycles. The zero-order chi connectivity index (χ0) is 19.1. The molecule has 2 N–H and O–H groups in total. The van der Waals surface area contributed by atoms with Gasteiger partial charge in [0.2, 0.25) is 0 Å². The van der Waals surface area contributed by atoms with E-state index in [-0.39, 0.29) is 6.03 Å². The van der Waals surface area contributed by atoms with Crippen LogP contribution < -0.4 is 20.3 Å². The predicted molar refractivity (Wildman–Crippen MR) is 109 cm³/mol. The Labute approximate surface area is 160 Å². The minimum absolute atomic E-state index is 0.240. The molecule has 1 aromatic carbocycles. The average Bonchev–Trinajstić information content (AvgIpc) is 2.96. The van der Waals surface area contributed by atoms with E-state index in [2.05, 4.69) is 20.5 Å². The van der Waals surface area contributed by atoms with E-state index < -0.39 is 0 Å².